The maximum atomic E-state index is 11.2. The molecule has 0 amide bonds. The van der Waals surface area contributed by atoms with Gasteiger partial charge < -0.3 is 4.42 Å². The van der Waals surface area contributed by atoms with Crippen molar-refractivity contribution in [2.75, 3.05) is 5.75 Å². The van der Waals surface area contributed by atoms with Crippen LogP contribution in [0, 0.1) is 24.0 Å². The van der Waals surface area contributed by atoms with Gasteiger partial charge in [-0.05, 0) is 19.9 Å². The maximum absolute atomic E-state index is 11.2. The van der Waals surface area contributed by atoms with Gasteiger partial charge in [0.05, 0.1) is 22.5 Å². The van der Waals surface area contributed by atoms with E-state index in [0.29, 0.717) is 22.3 Å². The molecule has 0 atom stereocenters. The van der Waals surface area contributed by atoms with E-state index >= 15 is 0 Å². The third-order valence-electron chi connectivity index (χ3n) is 4.01. The number of benzene rings is 1. The van der Waals surface area contributed by atoms with E-state index < -0.39 is 0 Å². The highest BCUT2D eigenvalue weighted by Gasteiger charge is 2.23. The van der Waals surface area contributed by atoms with Crippen LogP contribution in [0.2, 0.25) is 0 Å². The number of hydrogen-bond donors (Lipinski definition) is 0. The smallest absolute Gasteiger partial charge is 0.272 e. The Morgan fingerprint density at radius 3 is 2.84 bits per heavy atom. The zero-order chi connectivity index (χ0) is 17.6. The molecule has 0 radical (unpaired) electrons. The lowest BCUT2D eigenvalue weighted by Crippen LogP contribution is -2.14. The Kier molecular flexibility index (Phi) is 3.65. The van der Waals surface area contributed by atoms with E-state index in [1.807, 2.05) is 19.1 Å². The number of hydrogen-bond acceptors (Lipinski definition) is 7. The van der Waals surface area contributed by atoms with Crippen molar-refractivity contribution in [3.63, 3.8) is 0 Å². The average Bonchev–Trinajstić information content (AvgIpc) is 3.20. The molecule has 1 aromatic carbocycles. The van der Waals surface area contributed by atoms with Crippen molar-refractivity contribution in [2.45, 2.75) is 19.0 Å². The quantitative estimate of drug-likeness (QED) is 0.527. The minimum atomic E-state index is -0.375. The Bertz CT molecular complexity index is 1020. The predicted octanol–water partition coefficient (Wildman–Crippen LogP) is 3.42. The maximum Gasteiger partial charge on any atom is 0.272 e. The van der Waals surface area contributed by atoms with Crippen LogP contribution in [-0.2, 0) is 0 Å². The van der Waals surface area contributed by atoms with Gasteiger partial charge >= 0.3 is 0 Å². The van der Waals surface area contributed by atoms with E-state index in [0.717, 1.165) is 22.6 Å². The topological polar surface area (TPSA) is 99.3 Å². The molecule has 0 fully saturated rings. The van der Waals surface area contributed by atoms with Crippen LogP contribution in [0.3, 0.4) is 0 Å². The third kappa shape index (κ3) is 2.62. The summed E-state index contributed by atoms with van der Waals surface area (Å²) in [7, 11) is 0. The number of furan rings is 1. The molecule has 9 heteroatoms. The summed E-state index contributed by atoms with van der Waals surface area (Å²) in [6, 6.07) is 6.97. The van der Waals surface area contributed by atoms with Crippen molar-refractivity contribution in [3.8, 4) is 11.4 Å². The first kappa shape index (κ1) is 15.6. The van der Waals surface area contributed by atoms with Gasteiger partial charge in [0.15, 0.2) is 5.82 Å². The van der Waals surface area contributed by atoms with E-state index in [1.54, 1.807) is 30.0 Å². The largest absolute Gasteiger partial charge is 0.469 e. The summed E-state index contributed by atoms with van der Waals surface area (Å²) < 4.78 is 6.99. The summed E-state index contributed by atoms with van der Waals surface area (Å²) in [5, 5.41) is 24.9. The van der Waals surface area contributed by atoms with E-state index in [1.165, 1.54) is 11.8 Å². The molecule has 126 valence electrons. The second-order valence-electron chi connectivity index (χ2n) is 5.60. The molecule has 3 aromatic rings. The molecule has 0 bridgehead atoms. The Hall–Kier alpha value is -2.94. The number of aromatic nitrogens is 3. The van der Waals surface area contributed by atoms with Crippen LogP contribution in [0.25, 0.3) is 11.4 Å². The molecule has 0 spiro atoms. The van der Waals surface area contributed by atoms with Crippen LogP contribution in [0.4, 0.5) is 5.69 Å². The molecule has 1 aliphatic heterocycles. The SMILES string of the molecule is Cc1ccc(C2=Nn3c(nnc3-c3ccoc3C)SC2)cc1[N+](=O)[O-]. The molecule has 2 aromatic heterocycles. The van der Waals surface area contributed by atoms with Gasteiger partial charge in [0.25, 0.3) is 5.69 Å². The highest BCUT2D eigenvalue weighted by molar-refractivity contribution is 7.99. The molecule has 0 saturated carbocycles. The second-order valence-corrected chi connectivity index (χ2v) is 6.54. The minimum Gasteiger partial charge on any atom is -0.469 e. The molecule has 0 unspecified atom stereocenters. The molecular weight excluding hydrogens is 342 g/mol. The lowest BCUT2D eigenvalue weighted by molar-refractivity contribution is -0.385. The van der Waals surface area contributed by atoms with Gasteiger partial charge in [0.1, 0.15) is 5.76 Å². The van der Waals surface area contributed by atoms with Crippen molar-refractivity contribution in [1.29, 1.82) is 0 Å². The Balaban J connectivity index is 1.81. The molecule has 3 heterocycles. The first-order valence-electron chi connectivity index (χ1n) is 7.50. The highest BCUT2D eigenvalue weighted by Crippen LogP contribution is 2.31. The fourth-order valence-electron chi connectivity index (χ4n) is 2.64. The molecule has 1 aliphatic rings. The molecule has 0 aliphatic carbocycles. The normalized spacial score (nSPS) is 13.4. The highest BCUT2D eigenvalue weighted by atomic mass is 32.2. The standard InChI is InChI=1S/C16H13N5O3S/c1-9-3-4-11(7-14(9)21(22)23)13-8-25-16-18-17-15(20(16)19-13)12-5-6-24-10(12)2/h3-7H,8H2,1-2H3. The van der Waals surface area contributed by atoms with Crippen LogP contribution >= 0.6 is 11.8 Å². The zero-order valence-electron chi connectivity index (χ0n) is 13.5. The first-order chi connectivity index (χ1) is 12.0. The van der Waals surface area contributed by atoms with E-state index in [9.17, 15) is 10.1 Å². The minimum absolute atomic E-state index is 0.0886. The Morgan fingerprint density at radius 1 is 1.28 bits per heavy atom. The lowest BCUT2D eigenvalue weighted by atomic mass is 10.1. The molecule has 8 nitrogen and oxygen atoms in total. The second kappa shape index (κ2) is 5.85. The van der Waals surface area contributed by atoms with E-state index in [-0.39, 0.29) is 10.6 Å². The van der Waals surface area contributed by atoms with Crippen molar-refractivity contribution >= 4 is 23.2 Å². The van der Waals surface area contributed by atoms with Crippen molar-refractivity contribution in [2.24, 2.45) is 5.10 Å². The van der Waals surface area contributed by atoms with Crippen LogP contribution < -0.4 is 0 Å². The summed E-state index contributed by atoms with van der Waals surface area (Å²) in [6.45, 7) is 3.57. The number of nitro groups is 1. The van der Waals surface area contributed by atoms with Crippen LogP contribution in [-0.4, -0.2) is 31.3 Å². The number of aryl methyl sites for hydroxylation is 2. The van der Waals surface area contributed by atoms with Gasteiger partial charge in [-0.1, -0.05) is 23.9 Å². The zero-order valence-corrected chi connectivity index (χ0v) is 14.3. The van der Waals surface area contributed by atoms with Gasteiger partial charge in [-0.15, -0.1) is 10.2 Å². The monoisotopic (exact) mass is 355 g/mol. The molecule has 0 saturated heterocycles. The van der Waals surface area contributed by atoms with Crippen molar-refractivity contribution in [1.82, 2.24) is 14.9 Å². The molecule has 4 rings (SSSR count). The van der Waals surface area contributed by atoms with Gasteiger partial charge in [-0.25, -0.2) is 0 Å². The lowest BCUT2D eigenvalue weighted by Gasteiger charge is -2.14. The summed E-state index contributed by atoms with van der Waals surface area (Å²) in [6.07, 6.45) is 1.59. The van der Waals surface area contributed by atoms with Crippen LogP contribution in [0.15, 0.2) is 45.2 Å². The van der Waals surface area contributed by atoms with Crippen LogP contribution in [0.1, 0.15) is 16.9 Å². The van der Waals surface area contributed by atoms with Gasteiger partial charge in [0.2, 0.25) is 5.16 Å². The third-order valence-corrected chi connectivity index (χ3v) is 4.94. The number of rotatable bonds is 3. The fraction of sp³-hybridized carbons (Fsp3) is 0.188. The van der Waals surface area contributed by atoms with Gasteiger partial charge in [0, 0.05) is 22.9 Å². The van der Waals surface area contributed by atoms with Gasteiger partial charge in [-0.2, -0.15) is 9.78 Å². The number of fused-ring (bicyclic) bond motifs is 1. The fourth-order valence-corrected chi connectivity index (χ4v) is 3.48. The average molecular weight is 355 g/mol. The molecular formula is C16H13N5O3S. The van der Waals surface area contributed by atoms with Crippen molar-refractivity contribution < 1.29 is 9.34 Å². The molecule has 25 heavy (non-hydrogen) atoms. The van der Waals surface area contributed by atoms with E-state index in [2.05, 4.69) is 15.3 Å². The summed E-state index contributed by atoms with van der Waals surface area (Å²) in [5.41, 5.74) is 2.99. The summed E-state index contributed by atoms with van der Waals surface area (Å²) in [5.74, 6) is 1.89. The van der Waals surface area contributed by atoms with Gasteiger partial charge in [-0.3, -0.25) is 10.1 Å². The summed E-state index contributed by atoms with van der Waals surface area (Å²) >= 11 is 1.49. The molecule has 0 N–H and O–H groups in total. The number of nitro benzene ring substituents is 1. The first-order valence-corrected chi connectivity index (χ1v) is 8.49. The summed E-state index contributed by atoms with van der Waals surface area (Å²) in [4.78, 5) is 10.8. The Labute approximate surface area is 146 Å². The predicted molar refractivity (Wildman–Crippen MR) is 93.0 cm³/mol. The van der Waals surface area contributed by atoms with Crippen LogP contribution in [0.5, 0.6) is 0 Å². The number of thioether (sulfide) groups is 1. The Morgan fingerprint density at radius 2 is 2.12 bits per heavy atom. The van der Waals surface area contributed by atoms with E-state index in [4.69, 9.17) is 4.42 Å². The number of nitrogens with zero attached hydrogens (tertiary/aromatic N) is 5. The van der Waals surface area contributed by atoms with Crippen molar-refractivity contribution in [3.05, 3.63) is 57.5 Å².